The number of nitrogens with zero attached hydrogens (tertiary/aromatic N) is 1. The van der Waals surface area contributed by atoms with Gasteiger partial charge >= 0.3 is 10.1 Å². The fraction of sp³-hybridized carbons (Fsp3) is 0.0833. The lowest BCUT2D eigenvalue weighted by atomic mass is 10.1. The molecule has 3 rings (SSSR count). The Hall–Kier alpha value is -4.09. The highest BCUT2D eigenvalue weighted by Crippen LogP contribution is 2.35. The van der Waals surface area contributed by atoms with Crippen LogP contribution in [0.15, 0.2) is 83.3 Å². The first-order valence-electron chi connectivity index (χ1n) is 9.50. The van der Waals surface area contributed by atoms with Crippen LogP contribution in [0.4, 0.5) is 5.69 Å². The van der Waals surface area contributed by atoms with Crippen molar-refractivity contribution in [1.82, 2.24) is 0 Å². The average molecular weight is 449 g/mol. The highest BCUT2D eigenvalue weighted by Gasteiger charge is 2.22. The highest BCUT2D eigenvalue weighted by molar-refractivity contribution is 7.87. The first-order valence-corrected chi connectivity index (χ1v) is 10.9. The highest BCUT2D eigenvalue weighted by atomic mass is 32.2. The third-order valence-electron chi connectivity index (χ3n) is 4.43. The molecule has 32 heavy (non-hydrogen) atoms. The van der Waals surface area contributed by atoms with Crippen LogP contribution in [0, 0.1) is 18.3 Å². The van der Waals surface area contributed by atoms with E-state index in [2.05, 4.69) is 5.32 Å². The van der Waals surface area contributed by atoms with Crippen LogP contribution in [0.25, 0.3) is 6.08 Å². The summed E-state index contributed by atoms with van der Waals surface area (Å²) in [6.07, 6.45) is 1.25. The van der Waals surface area contributed by atoms with Crippen molar-refractivity contribution in [3.8, 4) is 17.6 Å². The van der Waals surface area contributed by atoms with E-state index in [9.17, 15) is 18.5 Å². The van der Waals surface area contributed by atoms with E-state index >= 15 is 0 Å². The number of amides is 1. The molecule has 162 valence electrons. The molecule has 0 spiro atoms. The van der Waals surface area contributed by atoms with Crippen LogP contribution in [0.3, 0.4) is 0 Å². The summed E-state index contributed by atoms with van der Waals surface area (Å²) in [5.41, 5.74) is 1.37. The molecule has 0 atom stereocenters. The predicted molar refractivity (Wildman–Crippen MR) is 121 cm³/mol. The van der Waals surface area contributed by atoms with Crippen LogP contribution >= 0.6 is 0 Å². The molecular formula is C24H20N2O5S. The molecule has 0 aromatic heterocycles. The molecule has 3 aromatic carbocycles. The Balaban J connectivity index is 1.99. The summed E-state index contributed by atoms with van der Waals surface area (Å²) in [4.78, 5) is 12.5. The van der Waals surface area contributed by atoms with Crippen molar-refractivity contribution in [3.05, 3.63) is 89.5 Å². The average Bonchev–Trinajstić information content (AvgIpc) is 2.79. The lowest BCUT2D eigenvalue weighted by molar-refractivity contribution is -0.112. The fourth-order valence-electron chi connectivity index (χ4n) is 2.78. The molecule has 0 aliphatic rings. The largest absolute Gasteiger partial charge is 0.493 e. The molecule has 0 aliphatic carbocycles. The number of hydrogen-bond donors (Lipinski definition) is 1. The number of aryl methyl sites for hydroxylation is 1. The minimum absolute atomic E-state index is 0.0359. The van der Waals surface area contributed by atoms with Crippen LogP contribution < -0.4 is 14.2 Å². The molecule has 8 heteroatoms. The molecule has 3 aromatic rings. The first-order chi connectivity index (χ1) is 15.3. The van der Waals surface area contributed by atoms with E-state index in [0.717, 1.165) is 5.56 Å². The number of ether oxygens (including phenoxy) is 1. The van der Waals surface area contributed by atoms with Gasteiger partial charge in [-0.15, -0.1) is 0 Å². The summed E-state index contributed by atoms with van der Waals surface area (Å²) in [6, 6.07) is 21.3. The molecule has 0 radical (unpaired) electrons. The molecule has 0 unspecified atom stereocenters. The second-order valence-electron chi connectivity index (χ2n) is 6.72. The lowest BCUT2D eigenvalue weighted by Crippen LogP contribution is -2.14. The summed E-state index contributed by atoms with van der Waals surface area (Å²) < 4.78 is 36.3. The Morgan fingerprint density at radius 1 is 1.00 bits per heavy atom. The second kappa shape index (κ2) is 9.81. The van der Waals surface area contributed by atoms with E-state index in [1.807, 2.05) is 13.0 Å². The number of nitrogens with one attached hydrogen (secondary N) is 1. The van der Waals surface area contributed by atoms with Gasteiger partial charge in [-0.3, -0.25) is 4.79 Å². The fourth-order valence-corrected chi connectivity index (χ4v) is 3.75. The number of methoxy groups -OCH3 is 1. The summed E-state index contributed by atoms with van der Waals surface area (Å²) in [5.74, 6) is -0.639. The maximum atomic E-state index is 12.8. The van der Waals surface area contributed by atoms with Gasteiger partial charge in [0.2, 0.25) is 0 Å². The van der Waals surface area contributed by atoms with Crippen molar-refractivity contribution in [2.24, 2.45) is 0 Å². The summed E-state index contributed by atoms with van der Waals surface area (Å²) in [7, 11) is -2.83. The molecule has 0 fully saturated rings. The molecule has 0 heterocycles. The predicted octanol–water partition coefficient (Wildman–Crippen LogP) is 4.32. The van der Waals surface area contributed by atoms with Crippen LogP contribution in [-0.4, -0.2) is 21.4 Å². The third-order valence-corrected chi connectivity index (χ3v) is 5.66. The summed E-state index contributed by atoms with van der Waals surface area (Å²) in [6.45, 7) is 1.84. The molecule has 7 nitrogen and oxygen atoms in total. The molecule has 1 N–H and O–H groups in total. The number of hydrogen-bond acceptors (Lipinski definition) is 6. The zero-order valence-electron chi connectivity index (χ0n) is 17.4. The van der Waals surface area contributed by atoms with E-state index in [1.54, 1.807) is 48.5 Å². The molecule has 0 aliphatic heterocycles. The van der Waals surface area contributed by atoms with E-state index in [1.165, 1.54) is 37.5 Å². The lowest BCUT2D eigenvalue weighted by Gasteiger charge is -2.14. The Morgan fingerprint density at radius 2 is 1.69 bits per heavy atom. The van der Waals surface area contributed by atoms with Gasteiger partial charge in [0.05, 0.1) is 7.11 Å². The smallest absolute Gasteiger partial charge is 0.339 e. The summed E-state index contributed by atoms with van der Waals surface area (Å²) >= 11 is 0. The molecule has 0 saturated carbocycles. The maximum Gasteiger partial charge on any atom is 0.339 e. The minimum Gasteiger partial charge on any atom is -0.493 e. The Morgan fingerprint density at radius 3 is 2.31 bits per heavy atom. The first kappa shape index (κ1) is 22.6. The number of nitriles is 1. The van der Waals surface area contributed by atoms with Gasteiger partial charge in [0, 0.05) is 11.3 Å². The van der Waals surface area contributed by atoms with E-state index in [0.29, 0.717) is 5.69 Å². The number of anilines is 1. The Kier molecular flexibility index (Phi) is 6.93. The van der Waals surface area contributed by atoms with Crippen molar-refractivity contribution in [1.29, 1.82) is 5.26 Å². The van der Waals surface area contributed by atoms with Crippen LogP contribution in [-0.2, 0) is 14.9 Å². The number of carbonyl (C=O) groups is 1. The van der Waals surface area contributed by atoms with Gasteiger partial charge in [-0.25, -0.2) is 0 Å². The number of benzene rings is 3. The van der Waals surface area contributed by atoms with Gasteiger partial charge in [0.15, 0.2) is 11.5 Å². The van der Waals surface area contributed by atoms with Gasteiger partial charge in [0.1, 0.15) is 16.5 Å². The van der Waals surface area contributed by atoms with Gasteiger partial charge in [-0.2, -0.15) is 13.7 Å². The quantitative estimate of drug-likeness (QED) is 0.328. The normalized spacial score (nSPS) is 11.3. The number of para-hydroxylation sites is 2. The minimum atomic E-state index is -4.19. The van der Waals surface area contributed by atoms with Crippen molar-refractivity contribution < 1.29 is 22.1 Å². The van der Waals surface area contributed by atoms with Crippen molar-refractivity contribution in [2.75, 3.05) is 12.4 Å². The standard InChI is InChI=1S/C24H20N2O5S/c1-17-11-13-21(14-12-17)32(28,29)31-23-18(7-6-10-22(23)30-2)15-19(16-25)24(27)26-20-8-4-3-5-9-20/h3-15H,1-2H3,(H,26,27)/b19-15+. The van der Waals surface area contributed by atoms with Crippen LogP contribution in [0.1, 0.15) is 11.1 Å². The molecular weight excluding hydrogens is 428 g/mol. The topological polar surface area (TPSA) is 105 Å². The van der Waals surface area contributed by atoms with Crippen molar-refractivity contribution in [2.45, 2.75) is 11.8 Å². The molecule has 0 saturated heterocycles. The van der Waals surface area contributed by atoms with Gasteiger partial charge < -0.3 is 14.2 Å². The van der Waals surface area contributed by atoms with E-state index < -0.39 is 16.0 Å². The van der Waals surface area contributed by atoms with Crippen LogP contribution in [0.5, 0.6) is 11.5 Å². The molecule has 0 bridgehead atoms. The van der Waals surface area contributed by atoms with Crippen molar-refractivity contribution in [3.63, 3.8) is 0 Å². The zero-order valence-corrected chi connectivity index (χ0v) is 18.2. The Bertz CT molecular complexity index is 1290. The maximum absolute atomic E-state index is 12.8. The van der Waals surface area contributed by atoms with Crippen molar-refractivity contribution >= 4 is 27.8 Å². The summed E-state index contributed by atoms with van der Waals surface area (Å²) in [5, 5.41) is 12.1. The molecule has 1 amide bonds. The second-order valence-corrected chi connectivity index (χ2v) is 8.27. The SMILES string of the molecule is COc1cccc(/C=C(\C#N)C(=O)Nc2ccccc2)c1OS(=O)(=O)c1ccc(C)cc1. The monoisotopic (exact) mass is 448 g/mol. The van der Waals surface area contributed by atoms with E-state index in [4.69, 9.17) is 8.92 Å². The van der Waals surface area contributed by atoms with Gasteiger partial charge in [-0.1, -0.05) is 48.0 Å². The number of rotatable bonds is 7. The zero-order chi connectivity index (χ0) is 23.1. The third kappa shape index (κ3) is 5.33. The number of carbonyl (C=O) groups excluding carboxylic acids is 1. The van der Waals surface area contributed by atoms with Gasteiger partial charge in [0.25, 0.3) is 5.91 Å². The Labute approximate surface area is 186 Å². The van der Waals surface area contributed by atoms with Gasteiger partial charge in [-0.05, 0) is 43.3 Å². The van der Waals surface area contributed by atoms with E-state index in [-0.39, 0.29) is 27.5 Å². The van der Waals surface area contributed by atoms with Crippen LogP contribution in [0.2, 0.25) is 0 Å².